The molecule has 14 heavy (non-hydrogen) atoms. The number of aryl methyl sites for hydroxylation is 1. The van der Waals surface area contributed by atoms with Gasteiger partial charge in [-0.05, 0) is 24.0 Å². The van der Waals surface area contributed by atoms with Crippen molar-refractivity contribution in [3.63, 3.8) is 0 Å². The smallest absolute Gasteiger partial charge is 0.0449 e. The fraction of sp³-hybridized carbons (Fsp3) is 0.455. The topological polar surface area (TPSA) is 46.2 Å². The van der Waals surface area contributed by atoms with Crippen molar-refractivity contribution in [2.24, 2.45) is 5.73 Å². The number of halogens is 1. The first-order chi connectivity index (χ1) is 6.27. The van der Waals surface area contributed by atoms with Gasteiger partial charge >= 0.3 is 0 Å². The molecule has 0 saturated carbocycles. The lowest BCUT2D eigenvalue weighted by atomic mass is 10.0. The fourth-order valence-electron chi connectivity index (χ4n) is 1.31. The molecule has 3 heteroatoms. The lowest BCUT2D eigenvalue weighted by Crippen LogP contribution is -2.11. The maximum Gasteiger partial charge on any atom is 0.0449 e. The molecule has 0 aliphatic rings. The second kappa shape index (κ2) is 6.82. The summed E-state index contributed by atoms with van der Waals surface area (Å²) in [4.78, 5) is 0. The molecule has 1 rings (SSSR count). The molecule has 0 fully saturated rings. The van der Waals surface area contributed by atoms with Crippen molar-refractivity contribution < 1.29 is 5.11 Å². The van der Waals surface area contributed by atoms with Gasteiger partial charge in [0.2, 0.25) is 0 Å². The summed E-state index contributed by atoms with van der Waals surface area (Å²) in [7, 11) is 0. The Morgan fingerprint density at radius 1 is 1.29 bits per heavy atom. The van der Waals surface area contributed by atoms with E-state index in [2.05, 4.69) is 19.1 Å². The van der Waals surface area contributed by atoms with Gasteiger partial charge in [-0.25, -0.2) is 0 Å². The maximum atomic E-state index is 8.72. The number of hydrogen-bond acceptors (Lipinski definition) is 2. The van der Waals surface area contributed by atoms with Gasteiger partial charge in [-0.15, -0.1) is 12.4 Å². The Kier molecular flexibility index (Phi) is 6.54. The summed E-state index contributed by atoms with van der Waals surface area (Å²) in [5.41, 5.74) is 8.26. The predicted molar refractivity (Wildman–Crippen MR) is 61.7 cm³/mol. The Morgan fingerprint density at radius 2 is 1.86 bits per heavy atom. The molecule has 3 N–H and O–H groups in total. The summed E-state index contributed by atoms with van der Waals surface area (Å²) in [5, 5.41) is 8.72. The van der Waals surface area contributed by atoms with E-state index in [1.165, 1.54) is 5.56 Å². The van der Waals surface area contributed by atoms with Gasteiger partial charge in [0.05, 0.1) is 0 Å². The first kappa shape index (κ1) is 13.4. The van der Waals surface area contributed by atoms with Gasteiger partial charge in [-0.1, -0.05) is 31.2 Å². The van der Waals surface area contributed by atoms with E-state index in [0.29, 0.717) is 6.42 Å². The van der Waals surface area contributed by atoms with E-state index in [0.717, 1.165) is 12.0 Å². The summed E-state index contributed by atoms with van der Waals surface area (Å²) < 4.78 is 0. The number of nitrogens with two attached hydrogens (primary N) is 1. The molecular formula is C11H18ClNO. The Labute approximate surface area is 91.5 Å². The molecule has 0 amide bonds. The van der Waals surface area contributed by atoms with E-state index < -0.39 is 0 Å². The Morgan fingerprint density at radius 3 is 2.29 bits per heavy atom. The Balaban J connectivity index is 0.00000169. The van der Waals surface area contributed by atoms with Crippen LogP contribution in [-0.2, 0) is 6.42 Å². The second-order valence-corrected chi connectivity index (χ2v) is 3.21. The normalized spacial score (nSPS) is 11.9. The molecule has 1 aromatic carbocycles. The van der Waals surface area contributed by atoms with Gasteiger partial charge in [0.15, 0.2) is 0 Å². The first-order valence-corrected chi connectivity index (χ1v) is 4.73. The van der Waals surface area contributed by atoms with Gasteiger partial charge in [-0.2, -0.15) is 0 Å². The molecule has 0 unspecified atom stereocenters. The molecule has 1 aromatic rings. The fourth-order valence-corrected chi connectivity index (χ4v) is 1.31. The number of benzene rings is 1. The van der Waals surface area contributed by atoms with Crippen LogP contribution in [-0.4, -0.2) is 11.7 Å². The number of hydrogen-bond donors (Lipinski definition) is 2. The zero-order valence-corrected chi connectivity index (χ0v) is 9.26. The number of rotatable bonds is 4. The molecule has 2 nitrogen and oxygen atoms in total. The minimum Gasteiger partial charge on any atom is -0.396 e. The standard InChI is InChI=1S/C11H17NO.ClH/c1-2-9-3-5-10(6-4-9)11(12)7-8-13;/h3-6,11,13H,2,7-8,12H2,1H3;1H/t11-;/m1./s1. The average Bonchev–Trinajstić information content (AvgIpc) is 2.18. The number of aliphatic hydroxyl groups is 1. The molecule has 0 bridgehead atoms. The number of aliphatic hydroxyl groups excluding tert-OH is 1. The van der Waals surface area contributed by atoms with Crippen molar-refractivity contribution in [3.8, 4) is 0 Å². The molecule has 0 heterocycles. The third-order valence-corrected chi connectivity index (χ3v) is 2.26. The summed E-state index contributed by atoms with van der Waals surface area (Å²) in [6, 6.07) is 8.23. The van der Waals surface area contributed by atoms with Crippen molar-refractivity contribution in [1.82, 2.24) is 0 Å². The van der Waals surface area contributed by atoms with Crippen molar-refractivity contribution in [2.75, 3.05) is 6.61 Å². The van der Waals surface area contributed by atoms with Crippen molar-refractivity contribution in [2.45, 2.75) is 25.8 Å². The van der Waals surface area contributed by atoms with E-state index in [1.807, 2.05) is 12.1 Å². The van der Waals surface area contributed by atoms with E-state index in [9.17, 15) is 0 Å². The van der Waals surface area contributed by atoms with E-state index in [1.54, 1.807) is 0 Å². The van der Waals surface area contributed by atoms with Crippen LogP contribution in [0.1, 0.15) is 30.5 Å². The van der Waals surface area contributed by atoms with E-state index in [4.69, 9.17) is 10.8 Å². The average molecular weight is 216 g/mol. The summed E-state index contributed by atoms with van der Waals surface area (Å²) in [6.45, 7) is 2.28. The highest BCUT2D eigenvalue weighted by atomic mass is 35.5. The van der Waals surface area contributed by atoms with Crippen LogP contribution in [0.15, 0.2) is 24.3 Å². The van der Waals surface area contributed by atoms with Gasteiger partial charge in [0.25, 0.3) is 0 Å². The zero-order valence-electron chi connectivity index (χ0n) is 8.44. The quantitative estimate of drug-likeness (QED) is 0.808. The predicted octanol–water partition coefficient (Wildman–Crippen LogP) is 2.05. The van der Waals surface area contributed by atoms with Gasteiger partial charge in [0.1, 0.15) is 0 Å². The zero-order chi connectivity index (χ0) is 9.68. The lowest BCUT2D eigenvalue weighted by Gasteiger charge is -2.10. The highest BCUT2D eigenvalue weighted by molar-refractivity contribution is 5.85. The van der Waals surface area contributed by atoms with Crippen LogP contribution < -0.4 is 5.73 Å². The summed E-state index contributed by atoms with van der Waals surface area (Å²) in [6.07, 6.45) is 1.68. The van der Waals surface area contributed by atoms with Gasteiger partial charge in [0, 0.05) is 12.6 Å². The van der Waals surface area contributed by atoms with Crippen molar-refractivity contribution in [1.29, 1.82) is 0 Å². The third-order valence-electron chi connectivity index (χ3n) is 2.26. The van der Waals surface area contributed by atoms with Crippen LogP contribution >= 0.6 is 12.4 Å². The highest BCUT2D eigenvalue weighted by Crippen LogP contribution is 2.14. The van der Waals surface area contributed by atoms with Crippen LogP contribution in [0, 0.1) is 0 Å². The van der Waals surface area contributed by atoms with Crippen molar-refractivity contribution >= 4 is 12.4 Å². The molecule has 1 atom stereocenters. The largest absolute Gasteiger partial charge is 0.396 e. The van der Waals surface area contributed by atoms with Crippen LogP contribution in [0.4, 0.5) is 0 Å². The molecular weight excluding hydrogens is 198 g/mol. The Hall–Kier alpha value is -0.570. The Bertz CT molecular complexity index is 248. The second-order valence-electron chi connectivity index (χ2n) is 3.21. The summed E-state index contributed by atoms with van der Waals surface area (Å²) in [5.74, 6) is 0. The molecule has 0 spiro atoms. The van der Waals surface area contributed by atoms with Crippen LogP contribution in [0.3, 0.4) is 0 Å². The first-order valence-electron chi connectivity index (χ1n) is 4.73. The third kappa shape index (κ3) is 3.66. The van der Waals surface area contributed by atoms with E-state index >= 15 is 0 Å². The maximum absolute atomic E-state index is 8.72. The van der Waals surface area contributed by atoms with Crippen molar-refractivity contribution in [3.05, 3.63) is 35.4 Å². The molecule has 0 saturated heterocycles. The van der Waals surface area contributed by atoms with Crippen LogP contribution in [0.25, 0.3) is 0 Å². The molecule has 80 valence electrons. The SMILES string of the molecule is CCc1ccc([C@H](N)CCO)cc1.Cl. The molecule has 0 radical (unpaired) electrons. The van der Waals surface area contributed by atoms with Crippen LogP contribution in [0.2, 0.25) is 0 Å². The molecule has 0 aliphatic heterocycles. The lowest BCUT2D eigenvalue weighted by molar-refractivity contribution is 0.276. The van der Waals surface area contributed by atoms with Gasteiger partial charge < -0.3 is 10.8 Å². The van der Waals surface area contributed by atoms with Gasteiger partial charge in [-0.3, -0.25) is 0 Å². The summed E-state index contributed by atoms with van der Waals surface area (Å²) >= 11 is 0. The molecule has 0 aliphatic carbocycles. The minimum atomic E-state index is -0.0316. The monoisotopic (exact) mass is 215 g/mol. The highest BCUT2D eigenvalue weighted by Gasteiger charge is 2.03. The van der Waals surface area contributed by atoms with Crippen LogP contribution in [0.5, 0.6) is 0 Å². The minimum absolute atomic E-state index is 0. The van der Waals surface area contributed by atoms with E-state index in [-0.39, 0.29) is 25.1 Å². The molecule has 0 aromatic heterocycles.